The van der Waals surface area contributed by atoms with E-state index >= 15 is 0 Å². The van der Waals surface area contributed by atoms with Crippen LogP contribution in [-0.4, -0.2) is 43.1 Å². The first-order valence-corrected chi connectivity index (χ1v) is 7.61. The van der Waals surface area contributed by atoms with Crippen LogP contribution in [-0.2, 0) is 14.8 Å². The van der Waals surface area contributed by atoms with Crippen LogP contribution in [0, 0.1) is 0 Å². The van der Waals surface area contributed by atoms with Gasteiger partial charge < -0.3 is 4.90 Å². The van der Waals surface area contributed by atoms with Crippen molar-refractivity contribution >= 4 is 15.9 Å². The summed E-state index contributed by atoms with van der Waals surface area (Å²) in [6.07, 6.45) is 0.846. The van der Waals surface area contributed by atoms with Gasteiger partial charge in [-0.1, -0.05) is 6.92 Å². The summed E-state index contributed by atoms with van der Waals surface area (Å²) in [4.78, 5) is 13.5. The molecule has 0 saturated carbocycles. The van der Waals surface area contributed by atoms with E-state index in [1.54, 1.807) is 4.90 Å². The highest BCUT2D eigenvalue weighted by Gasteiger charge is 2.37. The van der Waals surface area contributed by atoms with Gasteiger partial charge in [-0.15, -0.1) is 0 Å². The van der Waals surface area contributed by atoms with Gasteiger partial charge in [-0.05, 0) is 27.2 Å². The number of hydrogen-bond acceptors (Lipinski definition) is 3. The second kappa shape index (κ2) is 4.94. The lowest BCUT2D eigenvalue weighted by molar-refractivity contribution is -0.131. The molecule has 5 nitrogen and oxygen atoms in total. The molecule has 1 aliphatic rings. The molecule has 1 amide bonds. The molecule has 0 bridgehead atoms. The molecule has 1 fully saturated rings. The van der Waals surface area contributed by atoms with Crippen LogP contribution in [0.5, 0.6) is 0 Å². The van der Waals surface area contributed by atoms with Crippen molar-refractivity contribution in [3.8, 4) is 0 Å². The summed E-state index contributed by atoms with van der Waals surface area (Å²) in [5.74, 6) is 0.134. The molecular formula is C11H22N2O3S. The van der Waals surface area contributed by atoms with E-state index in [-0.39, 0.29) is 29.7 Å². The van der Waals surface area contributed by atoms with Gasteiger partial charge in [-0.25, -0.2) is 13.1 Å². The Labute approximate surface area is 104 Å². The van der Waals surface area contributed by atoms with Crippen LogP contribution in [0.3, 0.4) is 0 Å². The van der Waals surface area contributed by atoms with Crippen LogP contribution in [0.4, 0.5) is 0 Å². The summed E-state index contributed by atoms with van der Waals surface area (Å²) in [5.41, 5.74) is -0.248. The molecule has 1 atom stereocenters. The van der Waals surface area contributed by atoms with Crippen LogP contribution < -0.4 is 4.72 Å². The Morgan fingerprint density at radius 1 is 1.41 bits per heavy atom. The van der Waals surface area contributed by atoms with Crippen molar-refractivity contribution in [1.29, 1.82) is 0 Å². The van der Waals surface area contributed by atoms with Gasteiger partial charge in [-0.2, -0.15) is 0 Å². The highest BCUT2D eigenvalue weighted by atomic mass is 32.2. The number of hydrogen-bond donors (Lipinski definition) is 1. The maximum absolute atomic E-state index is 11.8. The van der Waals surface area contributed by atoms with Gasteiger partial charge in [0.05, 0.1) is 5.75 Å². The highest BCUT2D eigenvalue weighted by molar-refractivity contribution is 7.89. The van der Waals surface area contributed by atoms with Gasteiger partial charge in [-0.3, -0.25) is 4.79 Å². The van der Waals surface area contributed by atoms with E-state index in [4.69, 9.17) is 0 Å². The van der Waals surface area contributed by atoms with Crippen molar-refractivity contribution in [2.75, 3.05) is 12.3 Å². The standard InChI is InChI=1S/C11H22N2O3S/c1-5-6-17(15,16)12-9-7-10(14)13(8-9)11(2,3)4/h9,12H,5-8H2,1-4H3. The largest absolute Gasteiger partial charge is 0.336 e. The van der Waals surface area contributed by atoms with E-state index in [2.05, 4.69) is 4.72 Å². The molecular weight excluding hydrogens is 240 g/mol. The molecule has 1 heterocycles. The molecule has 0 aliphatic carbocycles. The van der Waals surface area contributed by atoms with Gasteiger partial charge in [0.2, 0.25) is 15.9 Å². The minimum Gasteiger partial charge on any atom is -0.336 e. The molecule has 1 saturated heterocycles. The molecule has 1 rings (SSSR count). The summed E-state index contributed by atoms with van der Waals surface area (Å²) in [7, 11) is -3.24. The van der Waals surface area contributed by atoms with Crippen molar-refractivity contribution < 1.29 is 13.2 Å². The molecule has 0 aromatic heterocycles. The van der Waals surface area contributed by atoms with Crippen molar-refractivity contribution in [3.63, 3.8) is 0 Å². The number of likely N-dealkylation sites (tertiary alicyclic amines) is 1. The third kappa shape index (κ3) is 3.96. The van der Waals surface area contributed by atoms with Gasteiger partial charge in [0.25, 0.3) is 0 Å². The quantitative estimate of drug-likeness (QED) is 0.811. The molecule has 6 heteroatoms. The van der Waals surface area contributed by atoms with E-state index in [0.29, 0.717) is 13.0 Å². The Hall–Kier alpha value is -0.620. The second-order valence-electron chi connectivity index (χ2n) is 5.51. The molecule has 100 valence electrons. The molecule has 1 unspecified atom stereocenters. The van der Waals surface area contributed by atoms with E-state index in [0.717, 1.165) is 0 Å². The summed E-state index contributed by atoms with van der Waals surface area (Å²) in [5, 5.41) is 0. The normalized spacial score (nSPS) is 22.2. The summed E-state index contributed by atoms with van der Waals surface area (Å²) < 4.78 is 25.8. The summed E-state index contributed by atoms with van der Waals surface area (Å²) >= 11 is 0. The third-order valence-corrected chi connectivity index (χ3v) is 4.39. The number of carbonyl (C=O) groups is 1. The Bertz CT molecular complexity index is 384. The third-order valence-electron chi connectivity index (χ3n) is 2.75. The van der Waals surface area contributed by atoms with E-state index in [1.807, 2.05) is 27.7 Å². The Morgan fingerprint density at radius 3 is 2.41 bits per heavy atom. The number of carbonyl (C=O) groups excluding carboxylic acids is 1. The molecule has 1 N–H and O–H groups in total. The fourth-order valence-corrected chi connectivity index (χ4v) is 3.34. The first-order valence-electron chi connectivity index (χ1n) is 5.96. The van der Waals surface area contributed by atoms with Gasteiger partial charge in [0.1, 0.15) is 0 Å². The fraction of sp³-hybridized carbons (Fsp3) is 0.909. The van der Waals surface area contributed by atoms with Crippen LogP contribution >= 0.6 is 0 Å². The molecule has 1 aliphatic heterocycles. The first kappa shape index (κ1) is 14.4. The zero-order valence-corrected chi connectivity index (χ0v) is 11.8. The Morgan fingerprint density at radius 2 is 2.00 bits per heavy atom. The van der Waals surface area contributed by atoms with E-state index in [9.17, 15) is 13.2 Å². The van der Waals surface area contributed by atoms with Crippen molar-refractivity contribution in [3.05, 3.63) is 0 Å². The summed E-state index contributed by atoms with van der Waals surface area (Å²) in [6.45, 7) is 8.14. The monoisotopic (exact) mass is 262 g/mol. The molecule has 0 radical (unpaired) electrons. The average Bonchev–Trinajstić information content (AvgIpc) is 2.44. The zero-order chi connectivity index (χ0) is 13.3. The number of nitrogens with one attached hydrogen (secondary N) is 1. The Balaban J connectivity index is 2.65. The Kier molecular flexibility index (Phi) is 4.19. The molecule has 17 heavy (non-hydrogen) atoms. The van der Waals surface area contributed by atoms with E-state index in [1.165, 1.54) is 0 Å². The lowest BCUT2D eigenvalue weighted by atomic mass is 10.1. The lowest BCUT2D eigenvalue weighted by Gasteiger charge is -2.32. The van der Waals surface area contributed by atoms with Crippen molar-refractivity contribution in [2.45, 2.75) is 52.1 Å². The number of rotatable bonds is 4. The topological polar surface area (TPSA) is 66.5 Å². The van der Waals surface area contributed by atoms with Crippen LogP contribution in [0.15, 0.2) is 0 Å². The van der Waals surface area contributed by atoms with Crippen LogP contribution in [0.1, 0.15) is 40.5 Å². The maximum atomic E-state index is 11.8. The number of amides is 1. The second-order valence-corrected chi connectivity index (χ2v) is 7.39. The smallest absolute Gasteiger partial charge is 0.224 e. The van der Waals surface area contributed by atoms with Crippen molar-refractivity contribution in [2.24, 2.45) is 0 Å². The first-order chi connectivity index (χ1) is 7.65. The number of sulfonamides is 1. The molecule has 0 aromatic rings. The zero-order valence-electron chi connectivity index (χ0n) is 11.0. The van der Waals surface area contributed by atoms with E-state index < -0.39 is 10.0 Å². The van der Waals surface area contributed by atoms with Crippen LogP contribution in [0.25, 0.3) is 0 Å². The average molecular weight is 262 g/mol. The van der Waals surface area contributed by atoms with Gasteiger partial charge in [0, 0.05) is 24.5 Å². The molecule has 0 aromatic carbocycles. The molecule has 0 spiro atoms. The SMILES string of the molecule is CCCS(=O)(=O)NC1CC(=O)N(C(C)(C)C)C1. The minimum atomic E-state index is -3.24. The number of nitrogens with zero attached hydrogens (tertiary/aromatic N) is 1. The lowest BCUT2D eigenvalue weighted by Crippen LogP contribution is -2.44. The van der Waals surface area contributed by atoms with Gasteiger partial charge in [0.15, 0.2) is 0 Å². The highest BCUT2D eigenvalue weighted by Crippen LogP contribution is 2.22. The van der Waals surface area contributed by atoms with Crippen molar-refractivity contribution in [1.82, 2.24) is 9.62 Å². The maximum Gasteiger partial charge on any atom is 0.224 e. The summed E-state index contributed by atoms with van der Waals surface area (Å²) in [6, 6.07) is -0.279. The predicted octanol–water partition coefficient (Wildman–Crippen LogP) is 0.715. The fourth-order valence-electron chi connectivity index (χ4n) is 2.02. The van der Waals surface area contributed by atoms with Crippen LogP contribution in [0.2, 0.25) is 0 Å². The minimum absolute atomic E-state index is 0.0155. The van der Waals surface area contributed by atoms with Gasteiger partial charge >= 0.3 is 0 Å². The predicted molar refractivity (Wildman–Crippen MR) is 67.1 cm³/mol.